The molecule has 0 saturated carbocycles. The molecule has 1 fully saturated rings. The fraction of sp³-hybridized carbons (Fsp3) is 0.714. The van der Waals surface area contributed by atoms with E-state index in [1.807, 2.05) is 0 Å². The van der Waals surface area contributed by atoms with E-state index in [-0.39, 0.29) is 0 Å². The van der Waals surface area contributed by atoms with Gasteiger partial charge in [0.15, 0.2) is 12.2 Å². The van der Waals surface area contributed by atoms with Crippen LogP contribution in [-0.4, -0.2) is 54.6 Å². The standard InChI is InChI=1S/C14H20O9/c1-6-11(20-7(2)15)12(21-8(3)16)13(22-9(4)17)14(19-6)23-10(5)18/h6,11-14H,1-5H3/t6?,11-,12-,13+,14?/m0/s1. The molecule has 5 atom stereocenters. The molecule has 23 heavy (non-hydrogen) atoms. The molecule has 9 nitrogen and oxygen atoms in total. The van der Waals surface area contributed by atoms with E-state index in [1.165, 1.54) is 6.92 Å². The predicted octanol–water partition coefficient (Wildman–Crippen LogP) is 0.0894. The van der Waals surface area contributed by atoms with Gasteiger partial charge in [-0.15, -0.1) is 0 Å². The molecule has 0 aromatic heterocycles. The first kappa shape index (κ1) is 18.9. The first-order chi connectivity index (χ1) is 10.6. The highest BCUT2D eigenvalue weighted by Crippen LogP contribution is 2.29. The molecular formula is C14H20O9. The monoisotopic (exact) mass is 332 g/mol. The highest BCUT2D eigenvalue weighted by atomic mass is 16.7. The van der Waals surface area contributed by atoms with Crippen molar-refractivity contribution in [1.29, 1.82) is 0 Å². The van der Waals surface area contributed by atoms with Gasteiger partial charge in [-0.1, -0.05) is 0 Å². The van der Waals surface area contributed by atoms with Crippen LogP contribution in [0.25, 0.3) is 0 Å². The maximum absolute atomic E-state index is 11.4. The molecule has 0 aromatic rings. The van der Waals surface area contributed by atoms with Crippen LogP contribution in [0.15, 0.2) is 0 Å². The number of carbonyl (C=O) groups is 4. The Morgan fingerprint density at radius 1 is 0.652 bits per heavy atom. The summed E-state index contributed by atoms with van der Waals surface area (Å²) in [5.74, 6) is -2.69. The van der Waals surface area contributed by atoms with Gasteiger partial charge < -0.3 is 23.7 Å². The second kappa shape index (κ2) is 7.91. The summed E-state index contributed by atoms with van der Waals surface area (Å²) >= 11 is 0. The number of rotatable bonds is 4. The molecule has 130 valence electrons. The lowest BCUT2D eigenvalue weighted by Crippen LogP contribution is -2.61. The molecule has 1 aliphatic heterocycles. The van der Waals surface area contributed by atoms with Gasteiger partial charge in [-0.25, -0.2) is 0 Å². The van der Waals surface area contributed by atoms with Crippen LogP contribution in [-0.2, 0) is 42.9 Å². The number of carbonyl (C=O) groups excluding carboxylic acids is 4. The lowest BCUT2D eigenvalue weighted by Gasteiger charge is -2.42. The van der Waals surface area contributed by atoms with E-state index in [0.717, 1.165) is 20.8 Å². The lowest BCUT2D eigenvalue weighted by atomic mass is 9.99. The second-order valence-corrected chi connectivity index (χ2v) is 5.04. The van der Waals surface area contributed by atoms with Gasteiger partial charge in [-0.05, 0) is 6.92 Å². The SMILES string of the molecule is CC(=O)OC1OC(C)[C@H](OC(C)=O)[C@H](OC(C)=O)[C@H]1OC(C)=O. The molecule has 1 rings (SSSR count). The molecule has 0 aromatic carbocycles. The number of esters is 4. The first-order valence-corrected chi connectivity index (χ1v) is 6.96. The Balaban J connectivity index is 3.15. The molecule has 1 aliphatic rings. The van der Waals surface area contributed by atoms with E-state index < -0.39 is 54.6 Å². The van der Waals surface area contributed by atoms with Crippen LogP contribution < -0.4 is 0 Å². The van der Waals surface area contributed by atoms with E-state index in [9.17, 15) is 19.2 Å². The zero-order chi connectivity index (χ0) is 17.7. The number of hydrogen-bond donors (Lipinski definition) is 0. The van der Waals surface area contributed by atoms with Crippen molar-refractivity contribution in [2.24, 2.45) is 0 Å². The third-order valence-electron chi connectivity index (χ3n) is 2.92. The molecule has 2 unspecified atom stereocenters. The Hall–Kier alpha value is -2.16. The molecule has 0 spiro atoms. The van der Waals surface area contributed by atoms with Crippen molar-refractivity contribution < 1.29 is 42.9 Å². The van der Waals surface area contributed by atoms with Gasteiger partial charge in [0.1, 0.15) is 0 Å². The van der Waals surface area contributed by atoms with Crippen molar-refractivity contribution in [3.05, 3.63) is 0 Å². The average Bonchev–Trinajstić information content (AvgIpc) is 2.36. The fourth-order valence-corrected chi connectivity index (χ4v) is 2.23. The minimum absolute atomic E-state index is 0.630. The van der Waals surface area contributed by atoms with Gasteiger partial charge in [-0.3, -0.25) is 19.2 Å². The maximum Gasteiger partial charge on any atom is 0.305 e. The molecule has 0 aliphatic carbocycles. The Kier molecular flexibility index (Phi) is 6.49. The quantitative estimate of drug-likeness (QED) is 0.521. The largest absolute Gasteiger partial charge is 0.456 e. The van der Waals surface area contributed by atoms with E-state index in [4.69, 9.17) is 23.7 Å². The van der Waals surface area contributed by atoms with Gasteiger partial charge in [0.25, 0.3) is 0 Å². The van der Waals surface area contributed by atoms with Crippen molar-refractivity contribution in [2.45, 2.75) is 65.3 Å². The molecule has 0 amide bonds. The predicted molar refractivity (Wildman–Crippen MR) is 72.8 cm³/mol. The van der Waals surface area contributed by atoms with Crippen LogP contribution in [0, 0.1) is 0 Å². The number of hydrogen-bond acceptors (Lipinski definition) is 9. The average molecular weight is 332 g/mol. The molecule has 0 N–H and O–H groups in total. The molecule has 9 heteroatoms. The fourth-order valence-electron chi connectivity index (χ4n) is 2.23. The van der Waals surface area contributed by atoms with Crippen LogP contribution in [0.4, 0.5) is 0 Å². The van der Waals surface area contributed by atoms with E-state index in [1.54, 1.807) is 6.92 Å². The third kappa shape index (κ3) is 5.51. The summed E-state index contributed by atoms with van der Waals surface area (Å²) in [5.41, 5.74) is 0. The smallest absolute Gasteiger partial charge is 0.305 e. The van der Waals surface area contributed by atoms with Crippen LogP contribution in [0.1, 0.15) is 34.6 Å². The normalized spacial score (nSPS) is 30.0. The Bertz CT molecular complexity index is 487. The van der Waals surface area contributed by atoms with Gasteiger partial charge in [0, 0.05) is 27.7 Å². The highest BCUT2D eigenvalue weighted by molar-refractivity contribution is 5.69. The molecule has 0 radical (unpaired) electrons. The lowest BCUT2D eigenvalue weighted by molar-refractivity contribution is -0.292. The van der Waals surface area contributed by atoms with E-state index >= 15 is 0 Å². The third-order valence-corrected chi connectivity index (χ3v) is 2.92. The van der Waals surface area contributed by atoms with Gasteiger partial charge in [-0.2, -0.15) is 0 Å². The van der Waals surface area contributed by atoms with Crippen molar-refractivity contribution in [1.82, 2.24) is 0 Å². The van der Waals surface area contributed by atoms with Crippen molar-refractivity contribution >= 4 is 23.9 Å². The molecule has 1 heterocycles. The van der Waals surface area contributed by atoms with Crippen LogP contribution in [0.2, 0.25) is 0 Å². The zero-order valence-corrected chi connectivity index (χ0v) is 13.6. The molecule has 1 saturated heterocycles. The summed E-state index contributed by atoms with van der Waals surface area (Å²) in [7, 11) is 0. The van der Waals surface area contributed by atoms with Crippen molar-refractivity contribution in [3.63, 3.8) is 0 Å². The van der Waals surface area contributed by atoms with E-state index in [0.29, 0.717) is 0 Å². The topological polar surface area (TPSA) is 114 Å². The summed E-state index contributed by atoms with van der Waals surface area (Å²) in [4.78, 5) is 45.1. The molecular weight excluding hydrogens is 312 g/mol. The van der Waals surface area contributed by atoms with Crippen molar-refractivity contribution in [2.75, 3.05) is 0 Å². The Morgan fingerprint density at radius 3 is 1.48 bits per heavy atom. The van der Waals surface area contributed by atoms with Crippen molar-refractivity contribution in [3.8, 4) is 0 Å². The summed E-state index contributed by atoms with van der Waals surface area (Å²) in [6.07, 6.45) is -5.51. The van der Waals surface area contributed by atoms with Gasteiger partial charge in [0.05, 0.1) is 6.10 Å². The van der Waals surface area contributed by atoms with Crippen LogP contribution in [0.5, 0.6) is 0 Å². The minimum Gasteiger partial charge on any atom is -0.456 e. The second-order valence-electron chi connectivity index (χ2n) is 5.04. The summed E-state index contributed by atoms with van der Waals surface area (Å²) in [5, 5.41) is 0. The summed E-state index contributed by atoms with van der Waals surface area (Å²) in [6, 6.07) is 0. The summed E-state index contributed by atoms with van der Waals surface area (Å²) in [6.45, 7) is 6.16. The first-order valence-electron chi connectivity index (χ1n) is 6.96. The van der Waals surface area contributed by atoms with Gasteiger partial charge in [0.2, 0.25) is 12.4 Å². The van der Waals surface area contributed by atoms with Gasteiger partial charge >= 0.3 is 23.9 Å². The van der Waals surface area contributed by atoms with Crippen LogP contribution >= 0.6 is 0 Å². The zero-order valence-electron chi connectivity index (χ0n) is 13.6. The Labute approximate surface area is 133 Å². The van der Waals surface area contributed by atoms with E-state index in [2.05, 4.69) is 0 Å². The maximum atomic E-state index is 11.4. The minimum atomic E-state index is -1.29. The molecule has 0 bridgehead atoms. The summed E-state index contributed by atoms with van der Waals surface area (Å²) < 4.78 is 25.7. The Morgan fingerprint density at radius 2 is 1.04 bits per heavy atom. The van der Waals surface area contributed by atoms with Crippen LogP contribution in [0.3, 0.4) is 0 Å². The number of ether oxygens (including phenoxy) is 5. The highest BCUT2D eigenvalue weighted by Gasteiger charge is 2.51.